The van der Waals surface area contributed by atoms with E-state index in [0.29, 0.717) is 26.2 Å². The normalized spacial score (nSPS) is 16.9. The van der Waals surface area contributed by atoms with Crippen LogP contribution in [0.15, 0.2) is 12.1 Å². The number of pyridine rings is 1. The van der Waals surface area contributed by atoms with Crippen LogP contribution in [0.2, 0.25) is 0 Å². The van der Waals surface area contributed by atoms with Gasteiger partial charge in [-0.2, -0.15) is 13.2 Å². The van der Waals surface area contributed by atoms with Crippen LogP contribution in [0.1, 0.15) is 42.0 Å². The predicted octanol–water partition coefficient (Wildman–Crippen LogP) is 2.08. The Labute approximate surface area is 156 Å². The second-order valence-corrected chi connectivity index (χ2v) is 6.77. The van der Waals surface area contributed by atoms with Gasteiger partial charge in [-0.3, -0.25) is 14.5 Å². The summed E-state index contributed by atoms with van der Waals surface area (Å²) < 4.78 is 38.1. The van der Waals surface area contributed by atoms with Crippen molar-refractivity contribution in [2.75, 3.05) is 32.7 Å². The minimum Gasteiger partial charge on any atom is -0.353 e. The van der Waals surface area contributed by atoms with Crippen molar-refractivity contribution in [3.05, 3.63) is 29.1 Å². The number of alkyl halides is 3. The van der Waals surface area contributed by atoms with Gasteiger partial charge in [0.25, 0.3) is 5.91 Å². The van der Waals surface area contributed by atoms with Crippen molar-refractivity contribution in [3.63, 3.8) is 0 Å². The van der Waals surface area contributed by atoms with Crippen molar-refractivity contribution < 1.29 is 22.8 Å². The van der Waals surface area contributed by atoms with E-state index in [-0.39, 0.29) is 35.7 Å². The van der Waals surface area contributed by atoms with E-state index < -0.39 is 11.9 Å². The van der Waals surface area contributed by atoms with Gasteiger partial charge in [-0.05, 0) is 32.4 Å². The van der Waals surface area contributed by atoms with Crippen molar-refractivity contribution in [3.8, 4) is 0 Å². The number of aryl methyl sites for hydroxylation is 1. The number of hydrogen-bond donors (Lipinski definition) is 1. The van der Waals surface area contributed by atoms with Crippen LogP contribution in [-0.4, -0.2) is 65.4 Å². The van der Waals surface area contributed by atoms with Gasteiger partial charge < -0.3 is 10.2 Å². The van der Waals surface area contributed by atoms with Gasteiger partial charge in [-0.25, -0.2) is 4.98 Å². The molecule has 150 valence electrons. The van der Waals surface area contributed by atoms with Crippen molar-refractivity contribution in [2.45, 2.75) is 39.4 Å². The zero-order chi connectivity index (χ0) is 20.2. The molecular formula is C18H25F3N4O2. The number of hydrogen-bond acceptors (Lipinski definition) is 4. The van der Waals surface area contributed by atoms with Crippen LogP contribution in [0, 0.1) is 6.92 Å². The van der Waals surface area contributed by atoms with Crippen molar-refractivity contribution >= 4 is 11.8 Å². The van der Waals surface area contributed by atoms with Gasteiger partial charge in [0.05, 0.1) is 17.8 Å². The van der Waals surface area contributed by atoms with Gasteiger partial charge in [0, 0.05) is 32.2 Å². The van der Waals surface area contributed by atoms with Gasteiger partial charge in [0.2, 0.25) is 5.91 Å². The second kappa shape index (κ2) is 8.69. The lowest BCUT2D eigenvalue weighted by Crippen LogP contribution is -2.51. The van der Waals surface area contributed by atoms with Gasteiger partial charge in [0.1, 0.15) is 5.69 Å². The Bertz CT molecular complexity index is 686. The Morgan fingerprint density at radius 2 is 1.85 bits per heavy atom. The number of amides is 2. The molecule has 2 rings (SSSR count). The lowest BCUT2D eigenvalue weighted by atomic mass is 10.1. The molecule has 1 aliphatic heterocycles. The molecule has 6 nitrogen and oxygen atoms in total. The lowest BCUT2D eigenvalue weighted by molar-refractivity contribution is -0.141. The maximum absolute atomic E-state index is 12.7. The molecule has 1 aliphatic rings. The van der Waals surface area contributed by atoms with Gasteiger partial charge in [-0.15, -0.1) is 0 Å². The molecule has 0 radical (unpaired) electrons. The largest absolute Gasteiger partial charge is 0.433 e. The van der Waals surface area contributed by atoms with Gasteiger partial charge in [-0.1, -0.05) is 6.92 Å². The average Bonchev–Trinajstić information content (AvgIpc) is 2.60. The van der Waals surface area contributed by atoms with Crippen LogP contribution in [0.4, 0.5) is 13.2 Å². The van der Waals surface area contributed by atoms with E-state index in [1.54, 1.807) is 4.90 Å². The second-order valence-electron chi connectivity index (χ2n) is 6.77. The Morgan fingerprint density at radius 3 is 2.37 bits per heavy atom. The zero-order valence-corrected chi connectivity index (χ0v) is 15.8. The predicted molar refractivity (Wildman–Crippen MR) is 94.2 cm³/mol. The Balaban J connectivity index is 1.92. The molecular weight excluding hydrogens is 361 g/mol. The molecule has 1 aromatic heterocycles. The Morgan fingerprint density at radius 1 is 1.22 bits per heavy atom. The highest BCUT2D eigenvalue weighted by atomic mass is 19.4. The summed E-state index contributed by atoms with van der Waals surface area (Å²) in [6.45, 7) is 7.50. The van der Waals surface area contributed by atoms with Crippen LogP contribution in [0.25, 0.3) is 0 Å². The van der Waals surface area contributed by atoms with E-state index in [9.17, 15) is 22.8 Å². The standard InChI is InChI=1S/C18H25F3N4O2/c1-4-12(2)22-16(26)11-24-7-9-25(10-8-24)17(27)14-5-6-15(18(19,20)21)23-13(14)3/h5-6,12H,4,7-11H2,1-3H3,(H,22,26). The van der Waals surface area contributed by atoms with Gasteiger partial charge in [0.15, 0.2) is 0 Å². The minimum absolute atomic E-state index is 0.0492. The molecule has 1 N–H and O–H groups in total. The molecule has 9 heteroatoms. The highest BCUT2D eigenvalue weighted by Gasteiger charge is 2.33. The van der Waals surface area contributed by atoms with E-state index in [2.05, 4.69) is 10.3 Å². The molecule has 1 unspecified atom stereocenters. The molecule has 1 saturated heterocycles. The number of carbonyl (C=O) groups excluding carboxylic acids is 2. The fraction of sp³-hybridized carbons (Fsp3) is 0.611. The fourth-order valence-corrected chi connectivity index (χ4v) is 2.85. The number of nitrogens with zero attached hydrogens (tertiary/aromatic N) is 3. The van der Waals surface area contributed by atoms with Crippen LogP contribution >= 0.6 is 0 Å². The van der Waals surface area contributed by atoms with Crippen molar-refractivity contribution in [1.82, 2.24) is 20.1 Å². The molecule has 0 aromatic carbocycles. The van der Waals surface area contributed by atoms with Gasteiger partial charge >= 0.3 is 6.18 Å². The number of carbonyl (C=O) groups is 2. The fourth-order valence-electron chi connectivity index (χ4n) is 2.85. The van der Waals surface area contributed by atoms with Crippen LogP contribution < -0.4 is 5.32 Å². The molecule has 1 atom stereocenters. The summed E-state index contributed by atoms with van der Waals surface area (Å²) in [5.41, 5.74) is -0.773. The number of aromatic nitrogens is 1. The monoisotopic (exact) mass is 386 g/mol. The molecule has 0 spiro atoms. The smallest absolute Gasteiger partial charge is 0.353 e. The SMILES string of the molecule is CCC(C)NC(=O)CN1CCN(C(=O)c2ccc(C(F)(F)F)nc2C)CC1. The van der Waals surface area contributed by atoms with Crippen molar-refractivity contribution in [1.29, 1.82) is 0 Å². The van der Waals surface area contributed by atoms with Crippen molar-refractivity contribution in [2.24, 2.45) is 0 Å². The minimum atomic E-state index is -4.53. The average molecular weight is 386 g/mol. The summed E-state index contributed by atoms with van der Waals surface area (Å²) in [7, 11) is 0. The summed E-state index contributed by atoms with van der Waals surface area (Å²) in [6.07, 6.45) is -3.68. The van der Waals surface area contributed by atoms with E-state index in [4.69, 9.17) is 0 Å². The summed E-state index contributed by atoms with van der Waals surface area (Å²) in [5, 5.41) is 2.90. The molecule has 27 heavy (non-hydrogen) atoms. The first-order valence-electron chi connectivity index (χ1n) is 8.97. The lowest BCUT2D eigenvalue weighted by Gasteiger charge is -2.34. The maximum atomic E-state index is 12.7. The van der Waals surface area contributed by atoms with Crippen LogP contribution in [0.3, 0.4) is 0 Å². The first-order valence-corrected chi connectivity index (χ1v) is 8.97. The molecule has 2 amide bonds. The highest BCUT2D eigenvalue weighted by Crippen LogP contribution is 2.28. The summed E-state index contributed by atoms with van der Waals surface area (Å²) in [5.74, 6) is -0.385. The van der Waals surface area contributed by atoms with Crippen LogP contribution in [0.5, 0.6) is 0 Å². The molecule has 2 heterocycles. The number of rotatable bonds is 5. The summed E-state index contributed by atoms with van der Waals surface area (Å²) in [6, 6.07) is 2.13. The molecule has 1 fully saturated rings. The highest BCUT2D eigenvalue weighted by molar-refractivity contribution is 5.95. The van der Waals surface area contributed by atoms with Crippen LogP contribution in [-0.2, 0) is 11.0 Å². The maximum Gasteiger partial charge on any atom is 0.433 e. The zero-order valence-electron chi connectivity index (χ0n) is 15.8. The summed E-state index contributed by atoms with van der Waals surface area (Å²) in [4.78, 5) is 31.6. The van der Waals surface area contributed by atoms with E-state index >= 15 is 0 Å². The third-order valence-corrected chi connectivity index (χ3v) is 4.65. The van der Waals surface area contributed by atoms with E-state index in [0.717, 1.165) is 12.5 Å². The first kappa shape index (κ1) is 21.1. The third-order valence-electron chi connectivity index (χ3n) is 4.65. The van der Waals surface area contributed by atoms with E-state index in [1.807, 2.05) is 18.7 Å². The molecule has 0 bridgehead atoms. The Hall–Kier alpha value is -2.16. The molecule has 0 saturated carbocycles. The first-order chi connectivity index (χ1) is 12.6. The number of nitrogens with one attached hydrogen (secondary N) is 1. The quantitative estimate of drug-likeness (QED) is 0.842. The Kier molecular flexibility index (Phi) is 6.80. The topological polar surface area (TPSA) is 65.5 Å². The third kappa shape index (κ3) is 5.66. The summed E-state index contributed by atoms with van der Waals surface area (Å²) >= 11 is 0. The number of piperazine rings is 1. The molecule has 0 aliphatic carbocycles. The molecule has 1 aromatic rings. The van der Waals surface area contributed by atoms with E-state index in [1.165, 1.54) is 13.0 Å². The number of halogens is 3.